The second-order valence-electron chi connectivity index (χ2n) is 3.71. The van der Waals surface area contributed by atoms with Gasteiger partial charge in [0, 0.05) is 19.7 Å². The Balaban J connectivity index is 4.04. The topological polar surface area (TPSA) is 58.6 Å². The predicted molar refractivity (Wildman–Crippen MR) is 70.7 cm³/mol. The van der Waals surface area contributed by atoms with Crippen LogP contribution in [0.25, 0.3) is 0 Å². The number of nitrogens with one attached hydrogen (secondary N) is 1. The molecule has 1 N–H and O–H groups in total. The zero-order valence-corrected chi connectivity index (χ0v) is 12.1. The molecule has 0 unspecified atom stereocenters. The summed E-state index contributed by atoms with van der Waals surface area (Å²) in [5.41, 5.74) is 0. The van der Waals surface area contributed by atoms with Gasteiger partial charge in [-0.3, -0.25) is 0 Å². The molecule has 0 bridgehead atoms. The third-order valence-corrected chi connectivity index (χ3v) is 4.47. The van der Waals surface area contributed by atoms with Crippen molar-refractivity contribution in [1.29, 1.82) is 0 Å². The molecule has 0 saturated heterocycles. The van der Waals surface area contributed by atoms with Gasteiger partial charge in [-0.1, -0.05) is 13.8 Å². The molecule has 17 heavy (non-hydrogen) atoms. The normalized spacial score (nSPS) is 12.2. The first-order chi connectivity index (χ1) is 8.08. The van der Waals surface area contributed by atoms with Crippen molar-refractivity contribution in [3.8, 4) is 0 Å². The van der Waals surface area contributed by atoms with Crippen LogP contribution in [-0.2, 0) is 14.8 Å². The van der Waals surface area contributed by atoms with Gasteiger partial charge >= 0.3 is 0 Å². The zero-order chi connectivity index (χ0) is 13.1. The molecule has 0 atom stereocenters. The summed E-state index contributed by atoms with van der Waals surface area (Å²) in [6.07, 6.45) is 0.654. The number of likely N-dealkylation sites (N-methyl/N-ethyl adjacent to an activating group) is 1. The van der Waals surface area contributed by atoms with Gasteiger partial charge < -0.3 is 10.1 Å². The summed E-state index contributed by atoms with van der Waals surface area (Å²) in [6, 6.07) is 0. The summed E-state index contributed by atoms with van der Waals surface area (Å²) < 4.78 is 30.6. The molecular formula is C11H26N2O3S. The van der Waals surface area contributed by atoms with Crippen LogP contribution in [0.3, 0.4) is 0 Å². The Labute approximate surface area is 106 Å². The minimum atomic E-state index is -3.12. The summed E-state index contributed by atoms with van der Waals surface area (Å²) in [5, 5.41) is 3.12. The number of sulfonamides is 1. The van der Waals surface area contributed by atoms with Gasteiger partial charge in [0.2, 0.25) is 10.0 Å². The smallest absolute Gasteiger partial charge is 0.214 e. The average molecular weight is 266 g/mol. The minimum Gasteiger partial charge on any atom is -0.380 e. The largest absolute Gasteiger partial charge is 0.380 e. The molecule has 0 heterocycles. The lowest BCUT2D eigenvalue weighted by atomic mass is 10.5. The van der Waals surface area contributed by atoms with E-state index in [1.54, 1.807) is 0 Å². The lowest BCUT2D eigenvalue weighted by Crippen LogP contribution is -2.36. The van der Waals surface area contributed by atoms with E-state index in [-0.39, 0.29) is 5.75 Å². The van der Waals surface area contributed by atoms with E-state index in [0.717, 1.165) is 13.1 Å². The van der Waals surface area contributed by atoms with E-state index in [1.165, 1.54) is 4.31 Å². The van der Waals surface area contributed by atoms with Gasteiger partial charge in [0.05, 0.1) is 12.4 Å². The maximum absolute atomic E-state index is 12.0. The minimum absolute atomic E-state index is 0.208. The summed E-state index contributed by atoms with van der Waals surface area (Å²) in [6.45, 7) is 9.45. The standard InChI is InChI=1S/C11H26N2O3S/c1-4-12-8-7-11-17(14,15)13(5-2)9-10-16-6-3/h12H,4-11H2,1-3H3. The first kappa shape index (κ1) is 16.8. The Morgan fingerprint density at radius 3 is 2.47 bits per heavy atom. The van der Waals surface area contributed by atoms with E-state index in [2.05, 4.69) is 5.32 Å². The lowest BCUT2D eigenvalue weighted by molar-refractivity contribution is 0.135. The van der Waals surface area contributed by atoms with Crippen molar-refractivity contribution < 1.29 is 13.2 Å². The highest BCUT2D eigenvalue weighted by Gasteiger charge is 2.19. The van der Waals surface area contributed by atoms with E-state index in [1.807, 2.05) is 20.8 Å². The van der Waals surface area contributed by atoms with Crippen LogP contribution in [0.5, 0.6) is 0 Å². The molecule has 6 heteroatoms. The van der Waals surface area contributed by atoms with Crippen LogP contribution < -0.4 is 5.32 Å². The van der Waals surface area contributed by atoms with Crippen LogP contribution in [0.2, 0.25) is 0 Å². The molecule has 0 aliphatic carbocycles. The quantitative estimate of drug-likeness (QED) is 0.559. The Kier molecular flexibility index (Phi) is 9.72. The highest BCUT2D eigenvalue weighted by Crippen LogP contribution is 2.02. The number of ether oxygens (including phenoxy) is 1. The molecule has 0 saturated carbocycles. The average Bonchev–Trinajstić information content (AvgIpc) is 2.30. The molecule has 0 aliphatic heterocycles. The van der Waals surface area contributed by atoms with Gasteiger partial charge in [0.25, 0.3) is 0 Å². The van der Waals surface area contributed by atoms with E-state index in [4.69, 9.17) is 4.74 Å². The molecule has 0 aliphatic rings. The summed E-state index contributed by atoms with van der Waals surface area (Å²) in [4.78, 5) is 0. The SMILES string of the molecule is CCNCCCS(=O)(=O)N(CC)CCOCC. The van der Waals surface area contributed by atoms with Crippen molar-refractivity contribution >= 4 is 10.0 Å². The third-order valence-electron chi connectivity index (χ3n) is 2.44. The molecule has 0 radical (unpaired) electrons. The van der Waals surface area contributed by atoms with Gasteiger partial charge in [0.1, 0.15) is 0 Å². The Morgan fingerprint density at radius 1 is 1.24 bits per heavy atom. The molecule has 0 aromatic carbocycles. The van der Waals surface area contributed by atoms with Crippen molar-refractivity contribution in [3.63, 3.8) is 0 Å². The van der Waals surface area contributed by atoms with Gasteiger partial charge in [-0.05, 0) is 26.4 Å². The Morgan fingerprint density at radius 2 is 1.94 bits per heavy atom. The maximum atomic E-state index is 12.0. The predicted octanol–water partition coefficient (Wildman–Crippen LogP) is 0.674. The second-order valence-corrected chi connectivity index (χ2v) is 5.80. The van der Waals surface area contributed by atoms with Crippen molar-refractivity contribution in [2.75, 3.05) is 45.1 Å². The molecular weight excluding hydrogens is 240 g/mol. The highest BCUT2D eigenvalue weighted by atomic mass is 32.2. The monoisotopic (exact) mass is 266 g/mol. The first-order valence-electron chi connectivity index (χ1n) is 6.34. The van der Waals surface area contributed by atoms with Crippen LogP contribution in [0.1, 0.15) is 27.2 Å². The molecule has 5 nitrogen and oxygen atoms in total. The maximum Gasteiger partial charge on any atom is 0.214 e. The molecule has 0 amide bonds. The van der Waals surface area contributed by atoms with Crippen molar-refractivity contribution in [1.82, 2.24) is 9.62 Å². The number of hydrogen-bond donors (Lipinski definition) is 1. The Bertz CT molecular complexity index is 268. The van der Waals surface area contributed by atoms with E-state index in [9.17, 15) is 8.42 Å². The van der Waals surface area contributed by atoms with Crippen LogP contribution >= 0.6 is 0 Å². The fraction of sp³-hybridized carbons (Fsp3) is 1.00. The van der Waals surface area contributed by atoms with Crippen molar-refractivity contribution in [2.45, 2.75) is 27.2 Å². The summed E-state index contributed by atoms with van der Waals surface area (Å²) in [7, 11) is -3.12. The molecule has 0 aromatic rings. The van der Waals surface area contributed by atoms with Crippen LogP contribution in [-0.4, -0.2) is 57.9 Å². The van der Waals surface area contributed by atoms with Crippen LogP contribution in [0.4, 0.5) is 0 Å². The molecule has 0 spiro atoms. The summed E-state index contributed by atoms with van der Waals surface area (Å²) in [5.74, 6) is 0.208. The molecule has 0 aromatic heterocycles. The number of nitrogens with zero attached hydrogens (tertiary/aromatic N) is 1. The highest BCUT2D eigenvalue weighted by molar-refractivity contribution is 7.89. The van der Waals surface area contributed by atoms with Crippen LogP contribution in [0, 0.1) is 0 Å². The summed E-state index contributed by atoms with van der Waals surface area (Å²) >= 11 is 0. The molecule has 0 fully saturated rings. The Hall–Kier alpha value is -0.170. The zero-order valence-electron chi connectivity index (χ0n) is 11.2. The van der Waals surface area contributed by atoms with Crippen molar-refractivity contribution in [3.05, 3.63) is 0 Å². The third kappa shape index (κ3) is 7.70. The molecule has 0 rings (SSSR count). The number of hydrogen-bond acceptors (Lipinski definition) is 4. The van der Waals surface area contributed by atoms with Gasteiger partial charge in [-0.25, -0.2) is 8.42 Å². The molecule has 104 valence electrons. The van der Waals surface area contributed by atoms with E-state index >= 15 is 0 Å². The number of rotatable bonds is 11. The van der Waals surface area contributed by atoms with E-state index < -0.39 is 10.0 Å². The lowest BCUT2D eigenvalue weighted by Gasteiger charge is -2.20. The van der Waals surface area contributed by atoms with Crippen molar-refractivity contribution in [2.24, 2.45) is 0 Å². The first-order valence-corrected chi connectivity index (χ1v) is 7.95. The van der Waals surface area contributed by atoms with E-state index in [0.29, 0.717) is 32.7 Å². The van der Waals surface area contributed by atoms with Gasteiger partial charge in [-0.2, -0.15) is 4.31 Å². The fourth-order valence-electron chi connectivity index (χ4n) is 1.49. The fourth-order valence-corrected chi connectivity index (χ4v) is 3.00. The van der Waals surface area contributed by atoms with Gasteiger partial charge in [0.15, 0.2) is 0 Å². The van der Waals surface area contributed by atoms with Gasteiger partial charge in [-0.15, -0.1) is 0 Å². The second kappa shape index (κ2) is 9.82. The van der Waals surface area contributed by atoms with Crippen LogP contribution in [0.15, 0.2) is 0 Å².